The maximum atomic E-state index is 12.7. The molecule has 3 heterocycles. The predicted octanol–water partition coefficient (Wildman–Crippen LogP) is 2.88. The second-order valence-electron chi connectivity index (χ2n) is 7.10. The summed E-state index contributed by atoms with van der Waals surface area (Å²) in [6, 6.07) is 1.97. The molecule has 136 valence electrons. The topological polar surface area (TPSA) is 57.7 Å². The van der Waals surface area contributed by atoms with Gasteiger partial charge in [0.05, 0.1) is 11.4 Å². The zero-order valence-electron chi connectivity index (χ0n) is 14.8. The Bertz CT molecular complexity index is 655. The molecule has 0 N–H and O–H groups in total. The van der Waals surface area contributed by atoms with Crippen LogP contribution in [0.2, 0.25) is 0 Å². The van der Waals surface area contributed by atoms with Crippen molar-refractivity contribution in [2.75, 3.05) is 26.2 Å². The van der Waals surface area contributed by atoms with Gasteiger partial charge in [0.15, 0.2) is 5.78 Å². The van der Waals surface area contributed by atoms with E-state index in [4.69, 9.17) is 0 Å². The summed E-state index contributed by atoms with van der Waals surface area (Å²) in [4.78, 5) is 41.8. The number of likely N-dealkylation sites (tertiary alicyclic amines) is 2. The van der Waals surface area contributed by atoms with Crippen LogP contribution in [0.15, 0.2) is 11.4 Å². The highest BCUT2D eigenvalue weighted by Gasteiger charge is 2.31. The average molecular weight is 362 g/mol. The van der Waals surface area contributed by atoms with Crippen LogP contribution >= 0.6 is 11.3 Å². The molecule has 2 aliphatic rings. The van der Waals surface area contributed by atoms with Gasteiger partial charge >= 0.3 is 0 Å². The maximum Gasteiger partial charge on any atom is 0.242 e. The van der Waals surface area contributed by atoms with Gasteiger partial charge < -0.3 is 9.80 Å². The fraction of sp³-hybridized carbons (Fsp3) is 0.632. The van der Waals surface area contributed by atoms with E-state index in [2.05, 4.69) is 0 Å². The Balaban J connectivity index is 1.60. The van der Waals surface area contributed by atoms with E-state index >= 15 is 0 Å². The number of Topliss-reactive ketones (excluding diaryl/α,β-unsaturated/α-hetero) is 1. The number of carbonyl (C=O) groups excluding carboxylic acids is 3. The molecule has 5 nitrogen and oxygen atoms in total. The minimum Gasteiger partial charge on any atom is -0.340 e. The van der Waals surface area contributed by atoms with Gasteiger partial charge in [0.2, 0.25) is 11.8 Å². The monoisotopic (exact) mass is 362 g/mol. The number of thiophene rings is 1. The fourth-order valence-corrected chi connectivity index (χ4v) is 4.64. The van der Waals surface area contributed by atoms with Gasteiger partial charge in [-0.15, -0.1) is 11.3 Å². The van der Waals surface area contributed by atoms with Crippen molar-refractivity contribution in [1.82, 2.24) is 9.80 Å². The number of carbonyl (C=O) groups is 3. The highest BCUT2D eigenvalue weighted by Crippen LogP contribution is 2.26. The van der Waals surface area contributed by atoms with Crippen molar-refractivity contribution in [2.24, 2.45) is 5.92 Å². The summed E-state index contributed by atoms with van der Waals surface area (Å²) in [5.74, 6) is 0.117. The Hall–Kier alpha value is -1.69. The Morgan fingerprint density at radius 1 is 1.20 bits per heavy atom. The molecule has 0 aliphatic carbocycles. The molecule has 0 spiro atoms. The largest absolute Gasteiger partial charge is 0.340 e. The molecule has 2 amide bonds. The molecular weight excluding hydrogens is 336 g/mol. The van der Waals surface area contributed by atoms with Crippen molar-refractivity contribution in [1.29, 1.82) is 0 Å². The molecule has 0 aromatic carbocycles. The number of hydrogen-bond donors (Lipinski definition) is 0. The third kappa shape index (κ3) is 4.29. The Kier molecular flexibility index (Phi) is 5.89. The van der Waals surface area contributed by atoms with E-state index in [0.717, 1.165) is 42.5 Å². The first kappa shape index (κ1) is 18.1. The lowest BCUT2D eigenvalue weighted by molar-refractivity contribution is -0.141. The van der Waals surface area contributed by atoms with Crippen LogP contribution in [0, 0.1) is 12.8 Å². The molecule has 6 heteroatoms. The highest BCUT2D eigenvalue weighted by atomic mass is 32.1. The van der Waals surface area contributed by atoms with E-state index in [0.29, 0.717) is 26.1 Å². The van der Waals surface area contributed by atoms with Crippen LogP contribution in [-0.4, -0.2) is 53.6 Å². The van der Waals surface area contributed by atoms with Gasteiger partial charge in [-0.2, -0.15) is 0 Å². The van der Waals surface area contributed by atoms with E-state index in [9.17, 15) is 14.4 Å². The minimum atomic E-state index is -0.116. The van der Waals surface area contributed by atoms with E-state index < -0.39 is 0 Å². The van der Waals surface area contributed by atoms with Crippen molar-refractivity contribution in [3.63, 3.8) is 0 Å². The Labute approximate surface area is 153 Å². The maximum absolute atomic E-state index is 12.7. The molecule has 2 aliphatic heterocycles. The highest BCUT2D eigenvalue weighted by molar-refractivity contribution is 7.12. The Morgan fingerprint density at radius 3 is 2.80 bits per heavy atom. The summed E-state index contributed by atoms with van der Waals surface area (Å²) in [7, 11) is 0. The number of amides is 2. The molecule has 2 fully saturated rings. The number of nitrogens with zero attached hydrogens (tertiary/aromatic N) is 2. The van der Waals surface area contributed by atoms with Crippen LogP contribution in [-0.2, 0) is 9.59 Å². The zero-order valence-corrected chi connectivity index (χ0v) is 15.6. The lowest BCUT2D eigenvalue weighted by Gasteiger charge is -2.33. The summed E-state index contributed by atoms with van der Waals surface area (Å²) in [6.07, 6.45) is 5.17. The molecule has 0 unspecified atom stereocenters. The first-order valence-electron chi connectivity index (χ1n) is 9.20. The standard InChI is InChI=1S/C19H26N2O3S/c1-14-8-11-25-19(14)18(24)15-6-5-10-20(12-15)17(23)13-21-9-4-2-3-7-16(21)22/h8,11,15H,2-7,9-10,12-13H2,1H3/t15-/m1/s1. The van der Waals surface area contributed by atoms with Crippen LogP contribution in [0.3, 0.4) is 0 Å². The van der Waals surface area contributed by atoms with Crippen LogP contribution in [0.1, 0.15) is 53.8 Å². The molecule has 0 radical (unpaired) electrons. The van der Waals surface area contributed by atoms with E-state index in [1.54, 1.807) is 9.80 Å². The van der Waals surface area contributed by atoms with E-state index in [1.165, 1.54) is 11.3 Å². The number of aryl methyl sites for hydroxylation is 1. The summed E-state index contributed by atoms with van der Waals surface area (Å²) >= 11 is 1.49. The second-order valence-corrected chi connectivity index (χ2v) is 8.02. The minimum absolute atomic E-state index is 0.0179. The molecule has 1 atom stereocenters. The molecule has 2 saturated heterocycles. The SMILES string of the molecule is Cc1ccsc1C(=O)[C@@H]1CCCN(C(=O)CN2CCCCCC2=O)C1. The zero-order chi connectivity index (χ0) is 17.8. The first-order chi connectivity index (χ1) is 12.1. The summed E-state index contributed by atoms with van der Waals surface area (Å²) < 4.78 is 0. The van der Waals surface area contributed by atoms with Gasteiger partial charge in [0, 0.05) is 32.0 Å². The van der Waals surface area contributed by atoms with Crippen molar-refractivity contribution >= 4 is 28.9 Å². The normalized spacial score (nSPS) is 22.0. The molecule has 3 rings (SSSR count). The lowest BCUT2D eigenvalue weighted by Crippen LogP contribution is -2.47. The van der Waals surface area contributed by atoms with E-state index in [1.807, 2.05) is 18.4 Å². The van der Waals surface area contributed by atoms with Gasteiger partial charge in [-0.3, -0.25) is 14.4 Å². The van der Waals surface area contributed by atoms with Crippen LogP contribution in [0.25, 0.3) is 0 Å². The number of ketones is 1. The Morgan fingerprint density at radius 2 is 2.04 bits per heavy atom. The molecule has 25 heavy (non-hydrogen) atoms. The van der Waals surface area contributed by atoms with E-state index in [-0.39, 0.29) is 30.1 Å². The quantitative estimate of drug-likeness (QED) is 0.774. The molecule has 0 saturated carbocycles. The molecule has 1 aromatic rings. The summed E-state index contributed by atoms with van der Waals surface area (Å²) in [6.45, 7) is 3.97. The van der Waals surface area contributed by atoms with Gasteiger partial charge in [-0.05, 0) is 49.6 Å². The van der Waals surface area contributed by atoms with Gasteiger partial charge in [0.25, 0.3) is 0 Å². The smallest absolute Gasteiger partial charge is 0.242 e. The fourth-order valence-electron chi connectivity index (χ4n) is 3.70. The molecule has 1 aromatic heterocycles. The average Bonchev–Trinajstić information content (AvgIpc) is 2.95. The van der Waals surface area contributed by atoms with Crippen molar-refractivity contribution in [2.45, 2.75) is 45.4 Å². The third-order valence-electron chi connectivity index (χ3n) is 5.23. The predicted molar refractivity (Wildman–Crippen MR) is 97.7 cm³/mol. The van der Waals surface area contributed by atoms with Gasteiger partial charge in [0.1, 0.15) is 0 Å². The van der Waals surface area contributed by atoms with Gasteiger partial charge in [-0.1, -0.05) is 6.42 Å². The van der Waals surface area contributed by atoms with Gasteiger partial charge in [-0.25, -0.2) is 0 Å². The first-order valence-corrected chi connectivity index (χ1v) is 10.1. The third-order valence-corrected chi connectivity index (χ3v) is 6.26. The van der Waals surface area contributed by atoms with Crippen molar-refractivity contribution in [3.8, 4) is 0 Å². The van der Waals surface area contributed by atoms with Crippen LogP contribution in [0.4, 0.5) is 0 Å². The molecule has 0 bridgehead atoms. The lowest BCUT2D eigenvalue weighted by atomic mass is 9.92. The number of piperidine rings is 1. The number of rotatable bonds is 4. The van der Waals surface area contributed by atoms with Crippen LogP contribution in [0.5, 0.6) is 0 Å². The molecular formula is C19H26N2O3S. The summed E-state index contributed by atoms with van der Waals surface area (Å²) in [5.41, 5.74) is 1.02. The van der Waals surface area contributed by atoms with Crippen molar-refractivity contribution in [3.05, 3.63) is 21.9 Å². The van der Waals surface area contributed by atoms with Crippen molar-refractivity contribution < 1.29 is 14.4 Å². The summed E-state index contributed by atoms with van der Waals surface area (Å²) in [5, 5.41) is 1.94. The number of hydrogen-bond acceptors (Lipinski definition) is 4. The second kappa shape index (κ2) is 8.13. The van der Waals surface area contributed by atoms with Crippen LogP contribution < -0.4 is 0 Å².